The van der Waals surface area contributed by atoms with Crippen molar-refractivity contribution in [1.29, 1.82) is 0 Å². The molecule has 2 atom stereocenters. The highest BCUT2D eigenvalue weighted by atomic mass is 16.3. The minimum Gasteiger partial charge on any atom is -0.396 e. The van der Waals surface area contributed by atoms with Crippen molar-refractivity contribution in [3.05, 3.63) is 35.4 Å². The zero-order valence-corrected chi connectivity index (χ0v) is 11.2. The quantitative estimate of drug-likeness (QED) is 0.854. The van der Waals surface area contributed by atoms with Crippen LogP contribution in [0.25, 0.3) is 0 Å². The van der Waals surface area contributed by atoms with Crippen LogP contribution in [0.3, 0.4) is 0 Å². The molecule has 2 nitrogen and oxygen atoms in total. The van der Waals surface area contributed by atoms with E-state index in [1.807, 2.05) is 0 Å². The van der Waals surface area contributed by atoms with E-state index in [9.17, 15) is 5.11 Å². The van der Waals surface area contributed by atoms with E-state index in [1.165, 1.54) is 36.8 Å². The summed E-state index contributed by atoms with van der Waals surface area (Å²) in [6.07, 6.45) is 4.85. The third-order valence-corrected chi connectivity index (χ3v) is 4.81. The van der Waals surface area contributed by atoms with Crippen LogP contribution in [0.1, 0.15) is 55.7 Å². The normalized spacial score (nSPS) is 28.8. The predicted octanol–water partition coefficient (Wildman–Crippen LogP) is 2.99. The Bertz CT molecular complexity index is 425. The van der Waals surface area contributed by atoms with E-state index in [2.05, 4.69) is 36.5 Å². The number of fused-ring (bicyclic) bond motifs is 1. The Morgan fingerprint density at radius 2 is 1.94 bits per heavy atom. The highest BCUT2D eigenvalue weighted by Gasteiger charge is 2.42. The summed E-state index contributed by atoms with van der Waals surface area (Å²) in [7, 11) is 0. The molecule has 1 aromatic rings. The molecule has 2 unspecified atom stereocenters. The van der Waals surface area contributed by atoms with E-state index < -0.39 is 0 Å². The van der Waals surface area contributed by atoms with Crippen molar-refractivity contribution in [1.82, 2.24) is 5.32 Å². The molecule has 0 aliphatic heterocycles. The molecule has 2 aliphatic rings. The Kier molecular flexibility index (Phi) is 3.16. The van der Waals surface area contributed by atoms with E-state index in [4.69, 9.17) is 0 Å². The zero-order chi connectivity index (χ0) is 12.6. The van der Waals surface area contributed by atoms with Gasteiger partial charge < -0.3 is 10.4 Å². The standard InChI is InChI=1S/C16H23NO/c1-12-6-7-15(14-5-3-2-4-13(12)14)17-10-16(11-18)8-9-16/h2-5,12,15,17-18H,6-11H2,1H3. The van der Waals surface area contributed by atoms with E-state index in [-0.39, 0.29) is 5.41 Å². The molecule has 2 N–H and O–H groups in total. The van der Waals surface area contributed by atoms with E-state index in [0.29, 0.717) is 18.6 Å². The molecule has 1 saturated carbocycles. The van der Waals surface area contributed by atoms with E-state index >= 15 is 0 Å². The van der Waals surface area contributed by atoms with E-state index in [0.717, 1.165) is 6.54 Å². The van der Waals surface area contributed by atoms with Crippen molar-refractivity contribution in [2.75, 3.05) is 13.2 Å². The van der Waals surface area contributed by atoms with Crippen LogP contribution >= 0.6 is 0 Å². The van der Waals surface area contributed by atoms with Crippen molar-refractivity contribution in [2.24, 2.45) is 5.41 Å². The summed E-state index contributed by atoms with van der Waals surface area (Å²) < 4.78 is 0. The highest BCUT2D eigenvalue weighted by molar-refractivity contribution is 5.34. The fraction of sp³-hybridized carbons (Fsp3) is 0.625. The molecule has 0 amide bonds. The first-order chi connectivity index (χ1) is 8.74. The molecule has 18 heavy (non-hydrogen) atoms. The van der Waals surface area contributed by atoms with Gasteiger partial charge in [-0.25, -0.2) is 0 Å². The minimum atomic E-state index is 0.206. The van der Waals surface area contributed by atoms with Gasteiger partial charge in [0.15, 0.2) is 0 Å². The number of rotatable bonds is 4. The van der Waals surface area contributed by atoms with Gasteiger partial charge in [0.25, 0.3) is 0 Å². The maximum absolute atomic E-state index is 9.38. The fourth-order valence-corrected chi connectivity index (χ4v) is 3.12. The Morgan fingerprint density at radius 1 is 1.22 bits per heavy atom. The molecule has 3 rings (SSSR count). The molecule has 2 aliphatic carbocycles. The third kappa shape index (κ3) is 2.19. The van der Waals surface area contributed by atoms with E-state index in [1.54, 1.807) is 0 Å². The van der Waals surface area contributed by atoms with Crippen molar-refractivity contribution in [3.8, 4) is 0 Å². The van der Waals surface area contributed by atoms with Crippen LogP contribution in [0.2, 0.25) is 0 Å². The number of nitrogens with one attached hydrogen (secondary N) is 1. The number of aliphatic hydroxyl groups is 1. The van der Waals surface area contributed by atoms with Crippen molar-refractivity contribution < 1.29 is 5.11 Å². The summed E-state index contributed by atoms with van der Waals surface area (Å²) in [6.45, 7) is 3.63. The SMILES string of the molecule is CC1CCC(NCC2(CO)CC2)c2ccccc21. The molecule has 0 aromatic heterocycles. The lowest BCUT2D eigenvalue weighted by Gasteiger charge is -2.31. The lowest BCUT2D eigenvalue weighted by Crippen LogP contribution is -2.32. The Balaban J connectivity index is 1.72. The van der Waals surface area contributed by atoms with Gasteiger partial charge in [-0.2, -0.15) is 0 Å². The van der Waals surface area contributed by atoms with Crippen LogP contribution in [0.5, 0.6) is 0 Å². The number of benzene rings is 1. The van der Waals surface area contributed by atoms with Crippen LogP contribution in [-0.2, 0) is 0 Å². The van der Waals surface area contributed by atoms with Gasteiger partial charge >= 0.3 is 0 Å². The van der Waals surface area contributed by atoms with Crippen LogP contribution in [-0.4, -0.2) is 18.3 Å². The molecule has 0 heterocycles. The molecule has 2 heteroatoms. The number of aliphatic hydroxyl groups excluding tert-OH is 1. The first-order valence-corrected chi connectivity index (χ1v) is 7.17. The van der Waals surface area contributed by atoms with Gasteiger partial charge in [-0.1, -0.05) is 31.2 Å². The van der Waals surface area contributed by atoms with Gasteiger partial charge in [0, 0.05) is 24.6 Å². The molecule has 1 fully saturated rings. The average Bonchev–Trinajstić information content (AvgIpc) is 3.19. The largest absolute Gasteiger partial charge is 0.396 e. The van der Waals surface area contributed by atoms with Crippen molar-refractivity contribution in [3.63, 3.8) is 0 Å². The Labute approximate surface area is 109 Å². The molecule has 1 aromatic carbocycles. The molecule has 0 bridgehead atoms. The second-order valence-corrected chi connectivity index (χ2v) is 6.20. The van der Waals surface area contributed by atoms with Crippen LogP contribution in [0.15, 0.2) is 24.3 Å². The van der Waals surface area contributed by atoms with Gasteiger partial charge in [0.1, 0.15) is 0 Å². The topological polar surface area (TPSA) is 32.3 Å². The smallest absolute Gasteiger partial charge is 0.0499 e. The number of hydrogen-bond acceptors (Lipinski definition) is 2. The molecule has 0 saturated heterocycles. The maximum Gasteiger partial charge on any atom is 0.0499 e. The van der Waals surface area contributed by atoms with Crippen molar-refractivity contribution >= 4 is 0 Å². The first kappa shape index (κ1) is 12.2. The van der Waals surface area contributed by atoms with Gasteiger partial charge in [-0.05, 0) is 42.7 Å². The lowest BCUT2D eigenvalue weighted by molar-refractivity contribution is 0.202. The summed E-state index contributed by atoms with van der Waals surface area (Å²) in [5.74, 6) is 0.687. The van der Waals surface area contributed by atoms with Gasteiger partial charge in [0.2, 0.25) is 0 Å². The molecule has 98 valence electrons. The monoisotopic (exact) mass is 245 g/mol. The maximum atomic E-state index is 9.38. The van der Waals surface area contributed by atoms with Gasteiger partial charge in [0.05, 0.1) is 0 Å². The summed E-state index contributed by atoms with van der Waals surface area (Å²) in [6, 6.07) is 9.31. The summed E-state index contributed by atoms with van der Waals surface area (Å²) in [5.41, 5.74) is 3.19. The lowest BCUT2D eigenvalue weighted by atomic mass is 9.81. The molecule has 0 spiro atoms. The first-order valence-electron chi connectivity index (χ1n) is 7.17. The Hall–Kier alpha value is -0.860. The van der Waals surface area contributed by atoms with Crippen LogP contribution in [0.4, 0.5) is 0 Å². The molecular formula is C16H23NO. The second-order valence-electron chi connectivity index (χ2n) is 6.20. The summed E-state index contributed by atoms with van der Waals surface area (Å²) in [4.78, 5) is 0. The van der Waals surface area contributed by atoms with Crippen LogP contribution in [0, 0.1) is 5.41 Å². The van der Waals surface area contributed by atoms with Crippen LogP contribution < -0.4 is 5.32 Å². The molecular weight excluding hydrogens is 222 g/mol. The number of hydrogen-bond donors (Lipinski definition) is 2. The Morgan fingerprint density at radius 3 is 2.61 bits per heavy atom. The van der Waals surface area contributed by atoms with Gasteiger partial charge in [-0.3, -0.25) is 0 Å². The highest BCUT2D eigenvalue weighted by Crippen LogP contribution is 2.45. The van der Waals surface area contributed by atoms with Gasteiger partial charge in [-0.15, -0.1) is 0 Å². The summed E-state index contributed by atoms with van der Waals surface area (Å²) >= 11 is 0. The average molecular weight is 245 g/mol. The third-order valence-electron chi connectivity index (χ3n) is 4.81. The molecule has 0 radical (unpaired) electrons. The zero-order valence-electron chi connectivity index (χ0n) is 11.2. The predicted molar refractivity (Wildman–Crippen MR) is 73.6 cm³/mol. The summed E-state index contributed by atoms with van der Waals surface area (Å²) in [5, 5.41) is 13.1. The fourth-order valence-electron chi connectivity index (χ4n) is 3.12. The second kappa shape index (κ2) is 4.67. The minimum absolute atomic E-state index is 0.206. The van der Waals surface area contributed by atoms with Crippen molar-refractivity contribution in [2.45, 2.75) is 44.6 Å².